The maximum Gasteiger partial charge on any atom is 0.349 e. The summed E-state index contributed by atoms with van der Waals surface area (Å²) in [5.41, 5.74) is 0. The molecule has 1 N–H and O–H groups in total. The van der Waals surface area contributed by atoms with Crippen molar-refractivity contribution in [1.82, 2.24) is 0 Å². The van der Waals surface area contributed by atoms with Crippen LogP contribution in [0.25, 0.3) is 0 Å². The van der Waals surface area contributed by atoms with E-state index in [2.05, 4.69) is 5.32 Å². The molecular formula is C9H16NO3PS. The van der Waals surface area contributed by atoms with Crippen molar-refractivity contribution in [1.29, 1.82) is 0 Å². The number of nitrogens with one attached hydrogen (secondary N) is 1. The van der Waals surface area contributed by atoms with Crippen LogP contribution in [0.5, 0.6) is 0 Å². The van der Waals surface area contributed by atoms with Gasteiger partial charge in [-0.25, -0.2) is 0 Å². The monoisotopic (exact) mass is 249 g/mol. The molecule has 0 aromatic carbocycles. The molecule has 1 aromatic heterocycles. The second-order valence-corrected chi connectivity index (χ2v) is 5.76. The lowest BCUT2D eigenvalue weighted by Gasteiger charge is -2.17. The fourth-order valence-corrected chi connectivity index (χ4v) is 3.21. The second kappa shape index (κ2) is 6.28. The lowest BCUT2D eigenvalue weighted by molar-refractivity contribution is 0.221. The molecule has 0 saturated heterocycles. The highest BCUT2D eigenvalue weighted by molar-refractivity contribution is 7.54. The topological polar surface area (TPSA) is 47.6 Å². The van der Waals surface area contributed by atoms with Gasteiger partial charge in [-0.1, -0.05) is 0 Å². The number of hydrogen-bond acceptors (Lipinski definition) is 5. The quantitative estimate of drug-likeness (QED) is 0.752. The molecule has 0 bridgehead atoms. The van der Waals surface area contributed by atoms with Crippen LogP contribution < -0.4 is 5.32 Å². The highest BCUT2D eigenvalue weighted by atomic mass is 32.1. The van der Waals surface area contributed by atoms with E-state index in [4.69, 9.17) is 9.05 Å². The molecule has 0 saturated carbocycles. The fraction of sp³-hybridized carbons (Fsp3) is 0.556. The van der Waals surface area contributed by atoms with Crippen molar-refractivity contribution in [3.8, 4) is 0 Å². The lowest BCUT2D eigenvalue weighted by atomic mass is 10.6. The van der Waals surface area contributed by atoms with Gasteiger partial charge in [-0.3, -0.25) is 4.57 Å². The number of thiophene rings is 1. The first kappa shape index (κ1) is 12.7. The van der Waals surface area contributed by atoms with Crippen molar-refractivity contribution in [3.63, 3.8) is 0 Å². The minimum atomic E-state index is -2.96. The molecule has 0 aliphatic carbocycles. The highest BCUT2D eigenvalue weighted by Gasteiger charge is 2.22. The van der Waals surface area contributed by atoms with E-state index in [0.717, 1.165) is 5.00 Å². The Bertz CT molecular complexity index is 305. The van der Waals surface area contributed by atoms with E-state index in [-0.39, 0.29) is 6.29 Å². The molecule has 0 unspecified atom stereocenters. The summed E-state index contributed by atoms with van der Waals surface area (Å²) in [6, 6.07) is 3.85. The molecule has 1 aromatic rings. The third-order valence-electron chi connectivity index (χ3n) is 1.62. The summed E-state index contributed by atoms with van der Waals surface area (Å²) in [7, 11) is -2.96. The van der Waals surface area contributed by atoms with Crippen molar-refractivity contribution in [2.24, 2.45) is 0 Å². The standard InChI is InChI=1S/C9H16NO3PS/c1-3-12-14(11,13-4-2)8-10-9-6-5-7-15-9/h5-7,10H,3-4,8H2,1-2H3. The van der Waals surface area contributed by atoms with Gasteiger partial charge < -0.3 is 14.4 Å². The van der Waals surface area contributed by atoms with Crippen LogP contribution in [0.4, 0.5) is 5.00 Å². The molecule has 4 nitrogen and oxygen atoms in total. The van der Waals surface area contributed by atoms with Crippen LogP contribution in [0.2, 0.25) is 0 Å². The Hall–Kier alpha value is -0.350. The predicted octanol–water partition coefficient (Wildman–Crippen LogP) is 3.38. The van der Waals surface area contributed by atoms with Crippen LogP contribution in [0.1, 0.15) is 13.8 Å². The Kier molecular flexibility index (Phi) is 5.32. The van der Waals surface area contributed by atoms with E-state index in [9.17, 15) is 4.57 Å². The highest BCUT2D eigenvalue weighted by Crippen LogP contribution is 2.47. The number of rotatable bonds is 7. The van der Waals surface area contributed by atoms with Gasteiger partial charge in [0, 0.05) is 0 Å². The molecule has 86 valence electrons. The average molecular weight is 249 g/mol. The van der Waals surface area contributed by atoms with Gasteiger partial charge in [0.05, 0.1) is 18.2 Å². The number of hydrogen-bond donors (Lipinski definition) is 1. The minimum Gasteiger partial charge on any atom is -0.366 e. The third kappa shape index (κ3) is 4.34. The normalized spacial score (nSPS) is 11.6. The Labute approximate surface area is 94.1 Å². The molecule has 15 heavy (non-hydrogen) atoms. The molecular weight excluding hydrogens is 233 g/mol. The first-order valence-electron chi connectivity index (χ1n) is 4.85. The van der Waals surface area contributed by atoms with Crippen LogP contribution in [0.3, 0.4) is 0 Å². The largest absolute Gasteiger partial charge is 0.366 e. The smallest absolute Gasteiger partial charge is 0.349 e. The SMILES string of the molecule is CCOP(=O)(CNc1cccs1)OCC. The Morgan fingerprint density at radius 3 is 2.53 bits per heavy atom. The molecule has 0 aliphatic rings. The molecule has 1 heterocycles. The van der Waals surface area contributed by atoms with Crippen molar-refractivity contribution < 1.29 is 13.6 Å². The van der Waals surface area contributed by atoms with Gasteiger partial charge in [-0.05, 0) is 31.4 Å². The van der Waals surface area contributed by atoms with Gasteiger partial charge in [0.2, 0.25) is 0 Å². The van der Waals surface area contributed by atoms with E-state index in [1.54, 1.807) is 25.2 Å². The average Bonchev–Trinajstić information content (AvgIpc) is 2.68. The van der Waals surface area contributed by atoms with Gasteiger partial charge >= 0.3 is 7.60 Å². The van der Waals surface area contributed by atoms with Crippen molar-refractivity contribution >= 4 is 23.9 Å². The Morgan fingerprint density at radius 2 is 2.07 bits per heavy atom. The van der Waals surface area contributed by atoms with Crippen molar-refractivity contribution in [2.75, 3.05) is 24.8 Å². The third-order valence-corrected chi connectivity index (χ3v) is 4.30. The van der Waals surface area contributed by atoms with E-state index in [1.165, 1.54) is 0 Å². The first-order chi connectivity index (χ1) is 7.20. The van der Waals surface area contributed by atoms with E-state index < -0.39 is 7.60 Å². The van der Waals surface area contributed by atoms with E-state index in [0.29, 0.717) is 13.2 Å². The van der Waals surface area contributed by atoms with Gasteiger partial charge in [0.25, 0.3) is 0 Å². The van der Waals surface area contributed by atoms with Crippen LogP contribution in [-0.4, -0.2) is 19.5 Å². The minimum absolute atomic E-state index is 0.217. The maximum absolute atomic E-state index is 12.0. The summed E-state index contributed by atoms with van der Waals surface area (Å²) < 4.78 is 22.3. The van der Waals surface area contributed by atoms with Crippen LogP contribution in [0, 0.1) is 0 Å². The van der Waals surface area contributed by atoms with Crippen molar-refractivity contribution in [2.45, 2.75) is 13.8 Å². The first-order valence-corrected chi connectivity index (χ1v) is 7.46. The van der Waals surface area contributed by atoms with Gasteiger partial charge in [0.15, 0.2) is 0 Å². The fourth-order valence-electron chi connectivity index (χ4n) is 1.08. The molecule has 0 spiro atoms. The lowest BCUT2D eigenvalue weighted by Crippen LogP contribution is -2.07. The molecule has 0 atom stereocenters. The van der Waals surface area contributed by atoms with Crippen molar-refractivity contribution in [3.05, 3.63) is 17.5 Å². The predicted molar refractivity (Wildman–Crippen MR) is 63.7 cm³/mol. The second-order valence-electron chi connectivity index (χ2n) is 2.76. The zero-order valence-corrected chi connectivity index (χ0v) is 10.6. The van der Waals surface area contributed by atoms with Gasteiger partial charge in [0.1, 0.15) is 6.29 Å². The van der Waals surface area contributed by atoms with Crippen LogP contribution in [-0.2, 0) is 13.6 Å². The summed E-state index contributed by atoms with van der Waals surface area (Å²) in [5, 5.41) is 5.96. The summed E-state index contributed by atoms with van der Waals surface area (Å²) in [6.45, 7) is 4.39. The molecule has 0 radical (unpaired) electrons. The molecule has 6 heteroatoms. The Morgan fingerprint density at radius 1 is 1.40 bits per heavy atom. The van der Waals surface area contributed by atoms with Crippen LogP contribution in [0.15, 0.2) is 17.5 Å². The zero-order valence-electron chi connectivity index (χ0n) is 8.93. The van der Waals surface area contributed by atoms with Gasteiger partial charge in [-0.15, -0.1) is 11.3 Å². The van der Waals surface area contributed by atoms with E-state index in [1.807, 2.05) is 17.5 Å². The molecule has 0 fully saturated rings. The summed E-state index contributed by atoms with van der Waals surface area (Å²) in [5.74, 6) is 0. The Balaban J connectivity index is 2.48. The molecule has 0 amide bonds. The molecule has 1 rings (SSSR count). The molecule has 0 aliphatic heterocycles. The summed E-state index contributed by atoms with van der Waals surface area (Å²) in [4.78, 5) is 0. The maximum atomic E-state index is 12.0. The van der Waals surface area contributed by atoms with Gasteiger partial charge in [-0.2, -0.15) is 0 Å². The summed E-state index contributed by atoms with van der Waals surface area (Å²) >= 11 is 1.56. The van der Waals surface area contributed by atoms with E-state index >= 15 is 0 Å². The zero-order chi connectivity index (χ0) is 11.1. The summed E-state index contributed by atoms with van der Waals surface area (Å²) in [6.07, 6.45) is 0.217. The van der Waals surface area contributed by atoms with Crippen LogP contribution >= 0.6 is 18.9 Å². The number of anilines is 1.